The van der Waals surface area contributed by atoms with E-state index in [0.717, 1.165) is 12.1 Å². The van der Waals surface area contributed by atoms with E-state index in [1.54, 1.807) is 4.90 Å². The van der Waals surface area contributed by atoms with E-state index in [1.807, 2.05) is 0 Å². The summed E-state index contributed by atoms with van der Waals surface area (Å²) < 4.78 is 30.9. The van der Waals surface area contributed by atoms with Crippen molar-refractivity contribution in [3.63, 3.8) is 0 Å². The number of hydrogen-bond donors (Lipinski definition) is 1. The van der Waals surface area contributed by atoms with Crippen LogP contribution in [0.3, 0.4) is 0 Å². The molecule has 23 heavy (non-hydrogen) atoms. The van der Waals surface area contributed by atoms with E-state index in [4.69, 9.17) is 0 Å². The fourth-order valence-electron chi connectivity index (χ4n) is 2.38. The van der Waals surface area contributed by atoms with Gasteiger partial charge in [-0.1, -0.05) is 0 Å². The highest BCUT2D eigenvalue weighted by molar-refractivity contribution is 5.94. The third-order valence-electron chi connectivity index (χ3n) is 3.69. The first kappa shape index (κ1) is 17.1. The highest BCUT2D eigenvalue weighted by atomic mass is 19.1. The van der Waals surface area contributed by atoms with Gasteiger partial charge in [0, 0.05) is 45.3 Å². The SMILES string of the molecule is COC(=O)N1CCN(CCNC(=O)c2ccc(F)cc2F)CC1. The third kappa shape index (κ3) is 4.62. The zero-order valence-corrected chi connectivity index (χ0v) is 12.8. The summed E-state index contributed by atoms with van der Waals surface area (Å²) in [5.41, 5.74) is -0.179. The molecule has 0 atom stereocenters. The Hall–Kier alpha value is -2.22. The van der Waals surface area contributed by atoms with Crippen LogP contribution in [0.15, 0.2) is 18.2 Å². The Morgan fingerprint density at radius 1 is 1.22 bits per heavy atom. The molecule has 0 radical (unpaired) electrons. The van der Waals surface area contributed by atoms with Gasteiger partial charge >= 0.3 is 6.09 Å². The summed E-state index contributed by atoms with van der Waals surface area (Å²) in [5, 5.41) is 2.60. The van der Waals surface area contributed by atoms with Crippen LogP contribution < -0.4 is 5.32 Å². The van der Waals surface area contributed by atoms with E-state index < -0.39 is 17.5 Å². The lowest BCUT2D eigenvalue weighted by molar-refractivity contribution is 0.0883. The molecule has 6 nitrogen and oxygen atoms in total. The summed E-state index contributed by atoms with van der Waals surface area (Å²) in [5.74, 6) is -2.17. The van der Waals surface area contributed by atoms with Crippen LogP contribution in [-0.2, 0) is 4.74 Å². The van der Waals surface area contributed by atoms with Crippen LogP contribution in [0.1, 0.15) is 10.4 Å². The van der Waals surface area contributed by atoms with Crippen LogP contribution >= 0.6 is 0 Å². The zero-order valence-electron chi connectivity index (χ0n) is 12.8. The summed E-state index contributed by atoms with van der Waals surface area (Å²) in [7, 11) is 1.35. The van der Waals surface area contributed by atoms with Crippen LogP contribution in [0.4, 0.5) is 13.6 Å². The smallest absolute Gasteiger partial charge is 0.409 e. The average molecular weight is 327 g/mol. The number of benzene rings is 1. The van der Waals surface area contributed by atoms with Gasteiger partial charge in [-0.3, -0.25) is 9.69 Å². The third-order valence-corrected chi connectivity index (χ3v) is 3.69. The molecule has 2 rings (SSSR count). The Labute approximate surface area is 133 Å². The van der Waals surface area contributed by atoms with Crippen LogP contribution in [0.25, 0.3) is 0 Å². The first-order valence-corrected chi connectivity index (χ1v) is 7.29. The number of methoxy groups -OCH3 is 1. The van der Waals surface area contributed by atoms with E-state index in [0.29, 0.717) is 45.3 Å². The van der Waals surface area contributed by atoms with Gasteiger partial charge in [-0.15, -0.1) is 0 Å². The second kappa shape index (κ2) is 7.87. The molecule has 126 valence electrons. The number of piperazine rings is 1. The normalized spacial score (nSPS) is 15.3. The molecule has 1 aromatic rings. The van der Waals surface area contributed by atoms with Gasteiger partial charge in [-0.05, 0) is 12.1 Å². The second-order valence-corrected chi connectivity index (χ2v) is 5.18. The van der Waals surface area contributed by atoms with Crippen molar-refractivity contribution >= 4 is 12.0 Å². The molecule has 1 saturated heterocycles. The molecular formula is C15H19F2N3O3. The number of rotatable bonds is 4. The van der Waals surface area contributed by atoms with Gasteiger partial charge in [-0.2, -0.15) is 0 Å². The molecule has 0 bridgehead atoms. The molecule has 0 spiro atoms. The van der Waals surface area contributed by atoms with Crippen molar-refractivity contribution in [1.29, 1.82) is 0 Å². The zero-order chi connectivity index (χ0) is 16.8. The summed E-state index contributed by atoms with van der Waals surface area (Å²) in [4.78, 5) is 26.9. The molecule has 1 aliphatic rings. The Balaban J connectivity index is 1.73. The largest absolute Gasteiger partial charge is 0.453 e. The number of nitrogens with one attached hydrogen (secondary N) is 1. The minimum atomic E-state index is -0.880. The Morgan fingerprint density at radius 3 is 2.52 bits per heavy atom. The summed E-state index contributed by atoms with van der Waals surface area (Å²) in [6.45, 7) is 3.41. The van der Waals surface area contributed by atoms with Crippen molar-refractivity contribution in [2.24, 2.45) is 0 Å². The minimum absolute atomic E-state index is 0.179. The minimum Gasteiger partial charge on any atom is -0.453 e. The van der Waals surface area contributed by atoms with Crippen molar-refractivity contribution < 1.29 is 23.1 Å². The van der Waals surface area contributed by atoms with Crippen molar-refractivity contribution in [3.8, 4) is 0 Å². The summed E-state index contributed by atoms with van der Waals surface area (Å²) in [6.07, 6.45) is -0.343. The number of carbonyl (C=O) groups excluding carboxylic acids is 2. The first-order valence-electron chi connectivity index (χ1n) is 7.29. The fourth-order valence-corrected chi connectivity index (χ4v) is 2.38. The molecule has 0 unspecified atom stereocenters. The molecule has 0 aliphatic carbocycles. The van der Waals surface area contributed by atoms with Gasteiger partial charge in [0.1, 0.15) is 11.6 Å². The number of halogens is 2. The van der Waals surface area contributed by atoms with Gasteiger partial charge in [0.05, 0.1) is 12.7 Å². The quantitative estimate of drug-likeness (QED) is 0.899. The standard InChI is InChI=1S/C15H19F2N3O3/c1-23-15(22)20-8-6-19(7-9-20)5-4-18-14(21)12-3-2-11(16)10-13(12)17/h2-3,10H,4-9H2,1H3,(H,18,21). The lowest BCUT2D eigenvalue weighted by atomic mass is 10.2. The molecule has 1 aromatic carbocycles. The molecule has 1 N–H and O–H groups in total. The number of nitrogens with zero attached hydrogens (tertiary/aromatic N) is 2. The number of ether oxygens (including phenoxy) is 1. The fraction of sp³-hybridized carbons (Fsp3) is 0.467. The predicted molar refractivity (Wildman–Crippen MR) is 79.1 cm³/mol. The van der Waals surface area contributed by atoms with Crippen molar-refractivity contribution in [2.45, 2.75) is 0 Å². The van der Waals surface area contributed by atoms with E-state index >= 15 is 0 Å². The second-order valence-electron chi connectivity index (χ2n) is 5.18. The topological polar surface area (TPSA) is 61.9 Å². The Morgan fingerprint density at radius 2 is 1.91 bits per heavy atom. The van der Waals surface area contributed by atoms with Gasteiger partial charge in [0.25, 0.3) is 5.91 Å². The van der Waals surface area contributed by atoms with Crippen LogP contribution in [-0.4, -0.2) is 68.2 Å². The lowest BCUT2D eigenvalue weighted by Gasteiger charge is -2.33. The molecule has 8 heteroatoms. The first-order chi connectivity index (χ1) is 11.0. The van der Waals surface area contributed by atoms with E-state index in [9.17, 15) is 18.4 Å². The average Bonchev–Trinajstić information content (AvgIpc) is 2.54. The van der Waals surface area contributed by atoms with Gasteiger partial charge in [-0.25, -0.2) is 13.6 Å². The maximum atomic E-state index is 13.5. The summed E-state index contributed by atoms with van der Waals surface area (Å²) >= 11 is 0. The van der Waals surface area contributed by atoms with Gasteiger partial charge < -0.3 is 15.0 Å². The highest BCUT2D eigenvalue weighted by Crippen LogP contribution is 2.09. The lowest BCUT2D eigenvalue weighted by Crippen LogP contribution is -2.50. The maximum absolute atomic E-state index is 13.5. The number of carbonyl (C=O) groups is 2. The molecule has 1 heterocycles. The Kier molecular flexibility index (Phi) is 5.86. The number of amides is 2. The van der Waals surface area contributed by atoms with Crippen LogP contribution in [0.2, 0.25) is 0 Å². The van der Waals surface area contributed by atoms with Crippen molar-refractivity contribution in [3.05, 3.63) is 35.4 Å². The molecule has 0 aromatic heterocycles. The highest BCUT2D eigenvalue weighted by Gasteiger charge is 2.21. The van der Waals surface area contributed by atoms with Crippen LogP contribution in [0.5, 0.6) is 0 Å². The predicted octanol–water partition coefficient (Wildman–Crippen LogP) is 1.08. The van der Waals surface area contributed by atoms with Gasteiger partial charge in [0.15, 0.2) is 0 Å². The van der Waals surface area contributed by atoms with Crippen molar-refractivity contribution in [2.75, 3.05) is 46.4 Å². The molecule has 2 amide bonds. The van der Waals surface area contributed by atoms with Crippen LogP contribution in [0, 0.1) is 11.6 Å². The molecule has 0 saturated carbocycles. The molecule has 1 aliphatic heterocycles. The monoisotopic (exact) mass is 327 g/mol. The summed E-state index contributed by atoms with van der Waals surface area (Å²) in [6, 6.07) is 2.85. The van der Waals surface area contributed by atoms with E-state index in [1.165, 1.54) is 7.11 Å². The maximum Gasteiger partial charge on any atom is 0.409 e. The van der Waals surface area contributed by atoms with E-state index in [2.05, 4.69) is 15.0 Å². The van der Waals surface area contributed by atoms with Crippen molar-refractivity contribution in [1.82, 2.24) is 15.1 Å². The van der Waals surface area contributed by atoms with Gasteiger partial charge in [0.2, 0.25) is 0 Å². The Bertz CT molecular complexity index is 575. The molecular weight excluding hydrogens is 308 g/mol. The number of hydrogen-bond acceptors (Lipinski definition) is 4. The van der Waals surface area contributed by atoms with E-state index in [-0.39, 0.29) is 11.7 Å². The molecule has 1 fully saturated rings.